The third kappa shape index (κ3) is 3.05. The van der Waals surface area contributed by atoms with Crippen molar-refractivity contribution in [3.63, 3.8) is 0 Å². The molecule has 1 aliphatic rings. The van der Waals surface area contributed by atoms with Gasteiger partial charge in [0.25, 0.3) is 0 Å². The second-order valence-corrected chi connectivity index (χ2v) is 8.19. The number of nitrogens with two attached hydrogens (primary N) is 1. The van der Waals surface area contributed by atoms with E-state index in [-0.39, 0.29) is 17.6 Å². The summed E-state index contributed by atoms with van der Waals surface area (Å²) < 4.78 is 28.5. The topological polar surface area (TPSA) is 69.4 Å². The van der Waals surface area contributed by atoms with Gasteiger partial charge >= 0.3 is 0 Å². The number of halogens is 1. The SMILES string of the molecule is CC(C)(N)c1ccc(OC2CS(=O)(=O)C2)c(Br)c1. The second-order valence-electron chi connectivity index (χ2n) is 5.18. The molecule has 0 aliphatic carbocycles. The number of hydrogen-bond acceptors (Lipinski definition) is 4. The van der Waals surface area contributed by atoms with E-state index in [1.54, 1.807) is 0 Å². The zero-order valence-corrected chi connectivity index (χ0v) is 12.7. The molecule has 18 heavy (non-hydrogen) atoms. The van der Waals surface area contributed by atoms with E-state index in [4.69, 9.17) is 10.5 Å². The van der Waals surface area contributed by atoms with E-state index >= 15 is 0 Å². The normalized spacial score (nSPS) is 19.3. The molecule has 4 nitrogen and oxygen atoms in total. The first-order valence-electron chi connectivity index (χ1n) is 5.63. The Bertz CT molecular complexity index is 551. The standard InChI is InChI=1S/C12H16BrNO3S/c1-12(2,14)8-3-4-11(10(13)5-8)17-9-6-18(15,16)7-9/h3-5,9H,6-7,14H2,1-2H3. The molecule has 0 unspecified atom stereocenters. The number of hydrogen-bond donors (Lipinski definition) is 1. The summed E-state index contributed by atoms with van der Waals surface area (Å²) in [6, 6.07) is 5.62. The Morgan fingerprint density at radius 1 is 1.39 bits per heavy atom. The molecule has 0 saturated carbocycles. The highest BCUT2D eigenvalue weighted by Crippen LogP contribution is 2.31. The van der Waals surface area contributed by atoms with E-state index in [0.29, 0.717) is 5.75 Å². The Kier molecular flexibility index (Phi) is 3.46. The van der Waals surface area contributed by atoms with Crippen LogP contribution in [0.15, 0.2) is 22.7 Å². The predicted octanol–water partition coefficient (Wildman–Crippen LogP) is 1.82. The van der Waals surface area contributed by atoms with Crippen LogP contribution in [0.1, 0.15) is 19.4 Å². The second kappa shape index (κ2) is 4.51. The number of benzene rings is 1. The number of rotatable bonds is 3. The van der Waals surface area contributed by atoms with Crippen LogP contribution in [0.25, 0.3) is 0 Å². The van der Waals surface area contributed by atoms with Crippen molar-refractivity contribution < 1.29 is 13.2 Å². The molecule has 0 atom stereocenters. The van der Waals surface area contributed by atoms with Crippen LogP contribution < -0.4 is 10.5 Å². The smallest absolute Gasteiger partial charge is 0.157 e. The van der Waals surface area contributed by atoms with Crippen LogP contribution in [-0.4, -0.2) is 26.0 Å². The van der Waals surface area contributed by atoms with Gasteiger partial charge in [0, 0.05) is 5.54 Å². The molecule has 1 aromatic carbocycles. The molecule has 1 aliphatic heterocycles. The van der Waals surface area contributed by atoms with Gasteiger partial charge in [-0.3, -0.25) is 0 Å². The highest BCUT2D eigenvalue weighted by Gasteiger charge is 2.35. The van der Waals surface area contributed by atoms with Gasteiger partial charge in [-0.25, -0.2) is 8.42 Å². The van der Waals surface area contributed by atoms with Gasteiger partial charge in [-0.15, -0.1) is 0 Å². The lowest BCUT2D eigenvalue weighted by Gasteiger charge is -2.27. The van der Waals surface area contributed by atoms with Crippen LogP contribution in [0.5, 0.6) is 5.75 Å². The molecule has 0 bridgehead atoms. The summed E-state index contributed by atoms with van der Waals surface area (Å²) in [6.07, 6.45) is -0.233. The molecule has 2 N–H and O–H groups in total. The lowest BCUT2D eigenvalue weighted by atomic mass is 9.96. The third-order valence-electron chi connectivity index (χ3n) is 2.85. The largest absolute Gasteiger partial charge is 0.487 e. The quantitative estimate of drug-likeness (QED) is 0.915. The van der Waals surface area contributed by atoms with Gasteiger partial charge in [0.05, 0.1) is 16.0 Å². The number of ether oxygens (including phenoxy) is 1. The average molecular weight is 334 g/mol. The Morgan fingerprint density at radius 3 is 2.44 bits per heavy atom. The summed E-state index contributed by atoms with van der Waals surface area (Å²) in [5.41, 5.74) is 6.58. The first-order chi connectivity index (χ1) is 8.17. The first kappa shape index (κ1) is 13.8. The van der Waals surface area contributed by atoms with Crippen molar-refractivity contribution in [2.24, 2.45) is 5.73 Å². The van der Waals surface area contributed by atoms with Gasteiger partial charge in [0.2, 0.25) is 0 Å². The molecule has 100 valence electrons. The van der Waals surface area contributed by atoms with E-state index in [2.05, 4.69) is 15.9 Å². The van der Waals surface area contributed by atoms with E-state index in [9.17, 15) is 8.42 Å². The van der Waals surface area contributed by atoms with Crippen LogP contribution >= 0.6 is 15.9 Å². The van der Waals surface area contributed by atoms with Crippen LogP contribution in [0.2, 0.25) is 0 Å². The van der Waals surface area contributed by atoms with Crippen molar-refractivity contribution in [1.82, 2.24) is 0 Å². The molecule has 2 rings (SSSR count). The molecule has 1 fully saturated rings. The van der Waals surface area contributed by atoms with E-state index < -0.39 is 15.4 Å². The molecule has 0 amide bonds. The molecule has 0 spiro atoms. The molecule has 0 aromatic heterocycles. The van der Waals surface area contributed by atoms with Gasteiger partial charge in [-0.2, -0.15) is 0 Å². The lowest BCUT2D eigenvalue weighted by molar-refractivity contribution is 0.229. The zero-order valence-electron chi connectivity index (χ0n) is 10.3. The van der Waals surface area contributed by atoms with Gasteiger partial charge in [0.1, 0.15) is 11.9 Å². The van der Waals surface area contributed by atoms with Crippen LogP contribution in [0.3, 0.4) is 0 Å². The summed E-state index contributed by atoms with van der Waals surface area (Å²) in [5.74, 6) is 0.857. The molecular formula is C12H16BrNO3S. The summed E-state index contributed by atoms with van der Waals surface area (Å²) in [4.78, 5) is 0. The van der Waals surface area contributed by atoms with E-state index in [1.165, 1.54) is 0 Å². The summed E-state index contributed by atoms with van der Waals surface area (Å²) in [7, 11) is -2.86. The highest BCUT2D eigenvalue weighted by molar-refractivity contribution is 9.10. The molecule has 0 radical (unpaired) electrons. The van der Waals surface area contributed by atoms with Crippen LogP contribution in [-0.2, 0) is 15.4 Å². The summed E-state index contributed by atoms with van der Waals surface area (Å²) in [6.45, 7) is 3.85. The van der Waals surface area contributed by atoms with Gasteiger partial charge < -0.3 is 10.5 Å². The van der Waals surface area contributed by atoms with Crippen molar-refractivity contribution in [2.75, 3.05) is 11.5 Å². The minimum Gasteiger partial charge on any atom is -0.487 e. The molecule has 1 heterocycles. The Hall–Kier alpha value is -0.590. The van der Waals surface area contributed by atoms with Crippen LogP contribution in [0, 0.1) is 0 Å². The molecule has 1 aromatic rings. The zero-order chi connectivity index (χ0) is 13.6. The maximum Gasteiger partial charge on any atom is 0.157 e. The monoisotopic (exact) mass is 333 g/mol. The Labute approximate surface area is 116 Å². The van der Waals surface area contributed by atoms with Crippen LogP contribution in [0.4, 0.5) is 0 Å². The van der Waals surface area contributed by atoms with Gasteiger partial charge in [-0.05, 0) is 47.5 Å². The summed E-state index contributed by atoms with van der Waals surface area (Å²) >= 11 is 3.42. The Balaban J connectivity index is 2.12. The average Bonchev–Trinajstić information content (AvgIpc) is 2.16. The lowest BCUT2D eigenvalue weighted by Crippen LogP contribution is -2.45. The molecule has 6 heteroatoms. The maximum atomic E-state index is 11.0. The van der Waals surface area contributed by atoms with E-state index in [0.717, 1.165) is 10.0 Å². The van der Waals surface area contributed by atoms with Crippen molar-refractivity contribution in [3.05, 3.63) is 28.2 Å². The van der Waals surface area contributed by atoms with E-state index in [1.807, 2.05) is 32.0 Å². The van der Waals surface area contributed by atoms with Crippen molar-refractivity contribution in [3.8, 4) is 5.75 Å². The predicted molar refractivity (Wildman–Crippen MR) is 74.4 cm³/mol. The maximum absolute atomic E-state index is 11.0. The molecule has 1 saturated heterocycles. The van der Waals surface area contributed by atoms with Gasteiger partial charge in [0.15, 0.2) is 9.84 Å². The molecular weight excluding hydrogens is 318 g/mol. The minimum absolute atomic E-state index is 0.101. The van der Waals surface area contributed by atoms with Crippen molar-refractivity contribution in [2.45, 2.75) is 25.5 Å². The summed E-state index contributed by atoms with van der Waals surface area (Å²) in [5, 5.41) is 0. The highest BCUT2D eigenvalue weighted by atomic mass is 79.9. The fourth-order valence-corrected chi connectivity index (χ4v) is 3.41. The fraction of sp³-hybridized carbons (Fsp3) is 0.500. The first-order valence-corrected chi connectivity index (χ1v) is 8.25. The number of sulfone groups is 1. The Morgan fingerprint density at radius 2 is 2.00 bits per heavy atom. The fourth-order valence-electron chi connectivity index (χ4n) is 1.76. The van der Waals surface area contributed by atoms with Crippen molar-refractivity contribution in [1.29, 1.82) is 0 Å². The minimum atomic E-state index is -2.86. The third-order valence-corrected chi connectivity index (χ3v) is 5.23. The van der Waals surface area contributed by atoms with Crippen molar-refractivity contribution >= 4 is 25.8 Å². The van der Waals surface area contributed by atoms with Gasteiger partial charge in [-0.1, -0.05) is 6.07 Å².